The average Bonchev–Trinajstić information content (AvgIpc) is 2.40. The van der Waals surface area contributed by atoms with E-state index in [0.29, 0.717) is 4.59 Å². The molecule has 1 aliphatic heterocycles. The maximum atomic E-state index is 2.59. The van der Waals surface area contributed by atoms with E-state index in [-0.39, 0.29) is 0 Å². The Hall–Kier alpha value is -0.383. The molecule has 0 bridgehead atoms. The zero-order valence-electron chi connectivity index (χ0n) is 11.3. The van der Waals surface area contributed by atoms with Crippen molar-refractivity contribution >= 4 is 23.4 Å². The van der Waals surface area contributed by atoms with E-state index in [9.17, 15) is 0 Å². The van der Waals surface area contributed by atoms with Crippen molar-refractivity contribution in [3.05, 3.63) is 29.8 Å². The number of piperidine rings is 1. The van der Waals surface area contributed by atoms with E-state index in [4.69, 9.17) is 0 Å². The van der Waals surface area contributed by atoms with Crippen LogP contribution in [0.1, 0.15) is 49.2 Å². The van der Waals surface area contributed by atoms with Crippen molar-refractivity contribution in [2.45, 2.75) is 43.6 Å². The Morgan fingerprint density at radius 3 is 2.59 bits per heavy atom. The summed E-state index contributed by atoms with van der Waals surface area (Å²) in [5.41, 5.74) is 3.05. The van der Waals surface area contributed by atoms with Crippen molar-refractivity contribution in [1.29, 1.82) is 0 Å². The van der Waals surface area contributed by atoms with Crippen LogP contribution in [0.4, 0.5) is 5.69 Å². The molecule has 1 saturated heterocycles. The fourth-order valence-electron chi connectivity index (χ4n) is 2.92. The summed E-state index contributed by atoms with van der Waals surface area (Å²) in [5.74, 6) is 0. The summed E-state index contributed by atoms with van der Waals surface area (Å²) in [6, 6.07) is 9.01. The van der Waals surface area contributed by atoms with Crippen LogP contribution < -0.4 is 4.90 Å². The number of hydrogen-bond donors (Lipinski definition) is 0. The molecule has 0 N–H and O–H groups in total. The summed E-state index contributed by atoms with van der Waals surface area (Å²) < 4.78 is 0.693. The second-order valence-corrected chi connectivity index (χ2v) is 5.30. The number of benzene rings is 1. The molecule has 0 spiro atoms. The molecule has 1 unspecified atom stereocenters. The molecule has 0 aromatic heterocycles. The van der Waals surface area contributed by atoms with Crippen LogP contribution in [-0.4, -0.2) is 30.8 Å². The van der Waals surface area contributed by atoms with Crippen molar-refractivity contribution in [1.82, 2.24) is 0 Å². The second-order valence-electron chi connectivity index (χ2n) is 5.30. The summed E-state index contributed by atoms with van der Waals surface area (Å²) in [6.07, 6.45) is 6.69. The first-order valence-corrected chi connectivity index (χ1v) is 7.16. The average molecular weight is 223 g/mol. The number of anilines is 1. The molecule has 2 heteroatoms. The predicted molar refractivity (Wildman–Crippen MR) is 75.9 cm³/mol. The van der Waals surface area contributed by atoms with Gasteiger partial charge in [-0.05, 0) is 0 Å². The molecule has 1 atom stereocenters. The monoisotopic (exact) mass is 223 g/mol. The summed E-state index contributed by atoms with van der Waals surface area (Å²) in [7, 11) is 0. The fraction of sp³-hybridized carbons (Fsp3) is 0.600. The van der Waals surface area contributed by atoms with Crippen LogP contribution in [0.2, 0.25) is 0 Å². The molecule has 1 heterocycles. The van der Waals surface area contributed by atoms with Crippen LogP contribution in [0.25, 0.3) is 0 Å². The van der Waals surface area contributed by atoms with Crippen LogP contribution in [0.5, 0.6) is 0 Å². The van der Waals surface area contributed by atoms with Gasteiger partial charge in [0, 0.05) is 0 Å². The minimum absolute atomic E-state index is 0.693. The van der Waals surface area contributed by atoms with Gasteiger partial charge in [0.1, 0.15) is 0 Å². The second kappa shape index (κ2) is 6.52. The molecule has 1 aromatic rings. The molecule has 1 fully saturated rings. The van der Waals surface area contributed by atoms with Crippen LogP contribution in [0.15, 0.2) is 24.3 Å². The summed E-state index contributed by atoms with van der Waals surface area (Å²) in [4.78, 5) is 2.59. The third-order valence-electron chi connectivity index (χ3n) is 3.89. The Balaban J connectivity index is 2.19. The summed E-state index contributed by atoms with van der Waals surface area (Å²) >= 11 is 2.37. The zero-order chi connectivity index (χ0) is 12.1. The van der Waals surface area contributed by atoms with E-state index in [0.717, 1.165) is 0 Å². The molecule has 1 nitrogen and oxygen atoms in total. The van der Waals surface area contributed by atoms with Gasteiger partial charge in [-0.25, -0.2) is 0 Å². The maximum absolute atomic E-state index is 2.59. The van der Waals surface area contributed by atoms with Crippen molar-refractivity contribution < 1.29 is 0 Å². The molecule has 0 aliphatic carbocycles. The number of nitrogens with zero attached hydrogens (tertiary/aromatic N) is 1. The van der Waals surface area contributed by atoms with Gasteiger partial charge >= 0.3 is 115 Å². The van der Waals surface area contributed by atoms with Gasteiger partial charge in [-0.1, -0.05) is 0 Å². The van der Waals surface area contributed by atoms with Crippen LogP contribution in [0.3, 0.4) is 0 Å². The number of para-hydroxylation sites is 1. The SMILES string of the molecule is [Li][CH](CCC)c1ccccc1N1CCCCC1. The van der Waals surface area contributed by atoms with Crippen LogP contribution >= 0.6 is 0 Å². The van der Waals surface area contributed by atoms with Gasteiger partial charge in [-0.2, -0.15) is 0 Å². The minimum atomic E-state index is 0.693. The Morgan fingerprint density at radius 2 is 1.88 bits per heavy atom. The molecule has 1 aliphatic rings. The van der Waals surface area contributed by atoms with Gasteiger partial charge < -0.3 is 0 Å². The standard InChI is InChI=1S/C15H22N.Li/c1-2-3-9-14-10-5-6-11-15(14)16-12-7-4-8-13-16;/h5-6,9-11H,2-4,7-8,12-13H2,1H3;. The first kappa shape index (κ1) is 13.1. The Bertz CT molecular complexity index is 345. The van der Waals surface area contributed by atoms with E-state index in [2.05, 4.69) is 53.8 Å². The number of rotatable bonds is 4. The molecular formula is C15H22LiN. The molecule has 0 amide bonds. The number of hydrogen-bond acceptors (Lipinski definition) is 1. The van der Waals surface area contributed by atoms with Gasteiger partial charge in [0.15, 0.2) is 0 Å². The van der Waals surface area contributed by atoms with Gasteiger partial charge in [0.25, 0.3) is 0 Å². The third-order valence-corrected chi connectivity index (χ3v) is 3.89. The Labute approximate surface area is 115 Å². The quantitative estimate of drug-likeness (QED) is 0.704. The van der Waals surface area contributed by atoms with Gasteiger partial charge in [0.05, 0.1) is 0 Å². The van der Waals surface area contributed by atoms with Crippen molar-refractivity contribution in [3.63, 3.8) is 0 Å². The van der Waals surface area contributed by atoms with Crippen LogP contribution in [0, 0.1) is 0 Å². The van der Waals surface area contributed by atoms with E-state index in [1.165, 1.54) is 50.9 Å². The molecule has 2 rings (SSSR count). The Morgan fingerprint density at radius 1 is 1.18 bits per heavy atom. The predicted octanol–water partition coefficient (Wildman–Crippen LogP) is 3.69. The first-order valence-electron chi connectivity index (χ1n) is 7.16. The molecule has 88 valence electrons. The van der Waals surface area contributed by atoms with E-state index >= 15 is 0 Å². The zero-order valence-corrected chi connectivity index (χ0v) is 11.3. The van der Waals surface area contributed by atoms with Crippen molar-refractivity contribution in [2.24, 2.45) is 0 Å². The van der Waals surface area contributed by atoms with Crippen molar-refractivity contribution in [3.8, 4) is 0 Å². The van der Waals surface area contributed by atoms with Crippen LogP contribution in [-0.2, 0) is 0 Å². The van der Waals surface area contributed by atoms with Gasteiger partial charge in [-0.15, -0.1) is 0 Å². The van der Waals surface area contributed by atoms with E-state index in [1.54, 1.807) is 5.56 Å². The Kier molecular flexibility index (Phi) is 5.01. The molecule has 17 heavy (non-hydrogen) atoms. The molecule has 0 radical (unpaired) electrons. The van der Waals surface area contributed by atoms with Crippen molar-refractivity contribution in [2.75, 3.05) is 18.0 Å². The summed E-state index contributed by atoms with van der Waals surface area (Å²) in [5, 5.41) is 0. The third kappa shape index (κ3) is 3.30. The molecule has 1 aromatic carbocycles. The van der Waals surface area contributed by atoms with E-state index < -0.39 is 0 Å². The first-order chi connectivity index (χ1) is 8.33. The van der Waals surface area contributed by atoms with Gasteiger partial charge in [-0.3, -0.25) is 0 Å². The molecular weight excluding hydrogens is 201 g/mol. The van der Waals surface area contributed by atoms with Gasteiger partial charge in [0.2, 0.25) is 0 Å². The normalized spacial score (nSPS) is 18.2. The fourth-order valence-corrected chi connectivity index (χ4v) is 2.92. The topological polar surface area (TPSA) is 3.24 Å². The van der Waals surface area contributed by atoms with E-state index in [1.807, 2.05) is 0 Å². The molecule has 0 saturated carbocycles. The summed E-state index contributed by atoms with van der Waals surface area (Å²) in [6.45, 7) is 4.77.